The number of carbonyl (C=O) groups excluding carboxylic acids is 3. The van der Waals surface area contributed by atoms with Crippen LogP contribution in [0.15, 0.2) is 18.2 Å². The molecule has 0 fully saturated rings. The molecule has 0 aliphatic heterocycles. The summed E-state index contributed by atoms with van der Waals surface area (Å²) in [5.41, 5.74) is 2.26. The first kappa shape index (κ1) is 17.1. The van der Waals surface area contributed by atoms with Crippen LogP contribution in [0.25, 0.3) is 0 Å². The molecule has 0 atom stereocenters. The van der Waals surface area contributed by atoms with E-state index in [4.69, 9.17) is 0 Å². The number of aromatic nitrogens is 1. The van der Waals surface area contributed by atoms with Crippen LogP contribution >= 0.6 is 11.3 Å². The Morgan fingerprint density at radius 2 is 1.60 bits per heavy atom. The number of rotatable bonds is 4. The average molecular weight is 358 g/mol. The summed E-state index contributed by atoms with van der Waals surface area (Å²) < 4.78 is 0. The van der Waals surface area contributed by atoms with E-state index in [2.05, 4.69) is 20.9 Å². The van der Waals surface area contributed by atoms with Gasteiger partial charge in [-0.3, -0.25) is 19.7 Å². The summed E-state index contributed by atoms with van der Waals surface area (Å²) in [6.45, 7) is 2.75. The maximum atomic E-state index is 12.5. The number of hydrogen-bond donors (Lipinski definition) is 3. The minimum Gasteiger partial charge on any atom is -0.326 e. The highest BCUT2D eigenvalue weighted by Gasteiger charge is 2.18. The number of aryl methyl sites for hydroxylation is 2. The number of nitrogens with one attached hydrogen (secondary N) is 3. The molecule has 0 spiro atoms. The van der Waals surface area contributed by atoms with Gasteiger partial charge in [0.25, 0.3) is 5.91 Å². The topological polar surface area (TPSA) is 100 Å². The van der Waals surface area contributed by atoms with Gasteiger partial charge in [0.15, 0.2) is 5.13 Å². The highest BCUT2D eigenvalue weighted by molar-refractivity contribution is 7.16. The molecular weight excluding hydrogens is 340 g/mol. The molecule has 0 saturated carbocycles. The lowest BCUT2D eigenvalue weighted by molar-refractivity contribution is -0.115. The van der Waals surface area contributed by atoms with Crippen LogP contribution < -0.4 is 16.0 Å². The van der Waals surface area contributed by atoms with Crippen molar-refractivity contribution in [1.82, 2.24) is 4.98 Å². The van der Waals surface area contributed by atoms with Crippen LogP contribution in [-0.4, -0.2) is 22.7 Å². The van der Waals surface area contributed by atoms with E-state index in [1.54, 1.807) is 18.2 Å². The second kappa shape index (κ2) is 7.02. The number of fused-ring (bicyclic) bond motifs is 1. The summed E-state index contributed by atoms with van der Waals surface area (Å²) in [5, 5.41) is 8.61. The van der Waals surface area contributed by atoms with Crippen LogP contribution in [-0.2, 0) is 22.4 Å². The van der Waals surface area contributed by atoms with Crippen LogP contribution in [0, 0.1) is 0 Å². The lowest BCUT2D eigenvalue weighted by Crippen LogP contribution is -2.15. The zero-order chi connectivity index (χ0) is 18.0. The third-order valence-electron chi connectivity index (χ3n) is 3.65. The number of hydrogen-bond acceptors (Lipinski definition) is 5. The molecule has 0 bridgehead atoms. The summed E-state index contributed by atoms with van der Waals surface area (Å²) in [6, 6.07) is 4.71. The third kappa shape index (κ3) is 4.21. The minimum absolute atomic E-state index is 0.261. The van der Waals surface area contributed by atoms with Gasteiger partial charge in [0, 0.05) is 35.7 Å². The maximum absolute atomic E-state index is 12.5. The highest BCUT2D eigenvalue weighted by atomic mass is 32.1. The first-order valence-electron chi connectivity index (χ1n) is 7.91. The molecule has 1 aliphatic carbocycles. The fourth-order valence-corrected chi connectivity index (χ4v) is 3.77. The molecule has 0 radical (unpaired) electrons. The van der Waals surface area contributed by atoms with Crippen molar-refractivity contribution in [3.63, 3.8) is 0 Å². The zero-order valence-electron chi connectivity index (χ0n) is 13.9. The summed E-state index contributed by atoms with van der Waals surface area (Å²) in [7, 11) is 0. The monoisotopic (exact) mass is 358 g/mol. The largest absolute Gasteiger partial charge is 0.326 e. The Labute approximate surface area is 148 Å². The van der Waals surface area contributed by atoms with Crippen LogP contribution in [0.5, 0.6) is 0 Å². The predicted molar refractivity (Wildman–Crippen MR) is 97.1 cm³/mol. The highest BCUT2D eigenvalue weighted by Crippen LogP contribution is 2.31. The van der Waals surface area contributed by atoms with E-state index in [0.717, 1.165) is 25.0 Å². The Hall–Kier alpha value is -2.74. The van der Waals surface area contributed by atoms with Crippen molar-refractivity contribution in [1.29, 1.82) is 0 Å². The van der Waals surface area contributed by atoms with Crippen LogP contribution in [0.2, 0.25) is 0 Å². The van der Waals surface area contributed by atoms with Gasteiger partial charge >= 0.3 is 0 Å². The third-order valence-corrected chi connectivity index (χ3v) is 4.72. The van der Waals surface area contributed by atoms with Gasteiger partial charge in [0.05, 0.1) is 5.69 Å². The molecule has 130 valence electrons. The lowest BCUT2D eigenvalue weighted by atomic mass is 10.1. The van der Waals surface area contributed by atoms with Gasteiger partial charge in [0.1, 0.15) is 0 Å². The van der Waals surface area contributed by atoms with Crippen molar-refractivity contribution in [2.75, 3.05) is 16.0 Å². The van der Waals surface area contributed by atoms with E-state index in [9.17, 15) is 14.4 Å². The standard InChI is InChI=1S/C17H18N4O3S/c1-9(22)18-12-6-11(7-13(8-12)19-10(2)23)16(24)21-17-20-14-4-3-5-15(14)25-17/h6-8H,3-5H2,1-2H3,(H,18,22)(H,19,23)(H,20,21,24). The van der Waals surface area contributed by atoms with Crippen molar-refractivity contribution in [3.8, 4) is 0 Å². The molecule has 0 unspecified atom stereocenters. The summed E-state index contributed by atoms with van der Waals surface area (Å²) in [5.74, 6) is -0.864. The maximum Gasteiger partial charge on any atom is 0.257 e. The Kier molecular flexibility index (Phi) is 4.80. The molecule has 7 nitrogen and oxygen atoms in total. The SMILES string of the molecule is CC(=O)Nc1cc(NC(C)=O)cc(C(=O)Nc2nc3c(s2)CCC3)c1. The minimum atomic E-state index is -0.341. The second-order valence-electron chi connectivity index (χ2n) is 5.86. The molecule has 25 heavy (non-hydrogen) atoms. The Morgan fingerprint density at radius 1 is 0.960 bits per heavy atom. The molecule has 1 aliphatic rings. The molecule has 1 aromatic carbocycles. The molecule has 3 rings (SSSR count). The van der Waals surface area contributed by atoms with Gasteiger partial charge in [-0.1, -0.05) is 0 Å². The number of amides is 3. The number of anilines is 3. The summed E-state index contributed by atoms with van der Waals surface area (Å²) >= 11 is 1.49. The van der Waals surface area contributed by atoms with Gasteiger partial charge < -0.3 is 10.6 Å². The van der Waals surface area contributed by atoms with E-state index in [0.29, 0.717) is 22.1 Å². The van der Waals surface area contributed by atoms with Crippen molar-refractivity contribution in [3.05, 3.63) is 34.3 Å². The number of benzene rings is 1. The molecule has 8 heteroatoms. The number of thiazole rings is 1. The first-order valence-corrected chi connectivity index (χ1v) is 8.72. The van der Waals surface area contributed by atoms with Crippen molar-refractivity contribution in [2.45, 2.75) is 33.1 Å². The smallest absolute Gasteiger partial charge is 0.257 e. The molecule has 3 N–H and O–H groups in total. The average Bonchev–Trinajstić information content (AvgIpc) is 3.06. The van der Waals surface area contributed by atoms with Crippen LogP contribution in [0.3, 0.4) is 0 Å². The fraction of sp³-hybridized carbons (Fsp3) is 0.294. The normalized spacial score (nSPS) is 12.4. The quantitative estimate of drug-likeness (QED) is 0.782. The Balaban J connectivity index is 1.83. The zero-order valence-corrected chi connectivity index (χ0v) is 14.8. The molecule has 1 aromatic heterocycles. The number of nitrogens with zero attached hydrogens (tertiary/aromatic N) is 1. The second-order valence-corrected chi connectivity index (χ2v) is 6.94. The molecule has 0 saturated heterocycles. The van der Waals surface area contributed by atoms with Crippen LogP contribution in [0.1, 0.15) is 41.2 Å². The molecule has 2 aromatic rings. The van der Waals surface area contributed by atoms with Crippen molar-refractivity contribution < 1.29 is 14.4 Å². The van der Waals surface area contributed by atoms with Crippen molar-refractivity contribution >= 4 is 45.6 Å². The van der Waals surface area contributed by atoms with E-state index in [1.807, 2.05) is 0 Å². The molecular formula is C17H18N4O3S. The van der Waals surface area contributed by atoms with Crippen molar-refractivity contribution in [2.24, 2.45) is 0 Å². The van der Waals surface area contributed by atoms with E-state index >= 15 is 0 Å². The van der Waals surface area contributed by atoms with Gasteiger partial charge in [-0.2, -0.15) is 0 Å². The summed E-state index contributed by atoms with van der Waals surface area (Å²) in [4.78, 5) is 40.8. The number of carbonyl (C=O) groups is 3. The van der Waals surface area contributed by atoms with Gasteiger partial charge in [-0.05, 0) is 37.5 Å². The predicted octanol–water partition coefficient (Wildman–Crippen LogP) is 2.80. The fourth-order valence-electron chi connectivity index (χ4n) is 2.72. The van der Waals surface area contributed by atoms with E-state index < -0.39 is 0 Å². The van der Waals surface area contributed by atoms with Gasteiger partial charge in [-0.25, -0.2) is 4.98 Å². The lowest BCUT2D eigenvalue weighted by Gasteiger charge is -2.10. The van der Waals surface area contributed by atoms with Gasteiger partial charge in [0.2, 0.25) is 11.8 Å². The Bertz CT molecular complexity index is 804. The molecule has 3 amide bonds. The molecule has 1 heterocycles. The Morgan fingerprint density at radius 3 is 2.16 bits per heavy atom. The van der Waals surface area contributed by atoms with Crippen LogP contribution in [0.4, 0.5) is 16.5 Å². The van der Waals surface area contributed by atoms with E-state index in [1.165, 1.54) is 30.1 Å². The van der Waals surface area contributed by atoms with E-state index in [-0.39, 0.29) is 17.7 Å². The van der Waals surface area contributed by atoms with Gasteiger partial charge in [-0.15, -0.1) is 11.3 Å². The first-order chi connectivity index (χ1) is 11.9. The summed E-state index contributed by atoms with van der Waals surface area (Å²) in [6.07, 6.45) is 3.07.